The van der Waals surface area contributed by atoms with Crippen molar-refractivity contribution in [2.75, 3.05) is 20.6 Å². The summed E-state index contributed by atoms with van der Waals surface area (Å²) in [4.78, 5) is 2.14. The standard InChI is InChI=1S/C18H25N3O/c1-20(2)11-10-13-12-14(8-9-17(13)22)18-15-6-4-5-7-16(15)19-21(18)3/h8-9,12,22H,4-7,10-11H2,1-3H3. The van der Waals surface area contributed by atoms with E-state index in [0.29, 0.717) is 5.75 Å². The number of aromatic hydroxyl groups is 1. The van der Waals surface area contributed by atoms with Crippen molar-refractivity contribution in [3.63, 3.8) is 0 Å². The molecule has 0 unspecified atom stereocenters. The second-order valence-corrected chi connectivity index (χ2v) is 6.50. The molecule has 118 valence electrons. The number of nitrogens with zero attached hydrogens (tertiary/aromatic N) is 3. The van der Waals surface area contributed by atoms with Gasteiger partial charge in [-0.2, -0.15) is 5.10 Å². The fourth-order valence-corrected chi connectivity index (χ4v) is 3.32. The molecule has 1 N–H and O–H groups in total. The van der Waals surface area contributed by atoms with Crippen molar-refractivity contribution in [1.29, 1.82) is 0 Å². The van der Waals surface area contributed by atoms with Crippen LogP contribution in [0.15, 0.2) is 18.2 Å². The molecule has 0 radical (unpaired) electrons. The van der Waals surface area contributed by atoms with E-state index >= 15 is 0 Å². The lowest BCUT2D eigenvalue weighted by Gasteiger charge is -2.14. The van der Waals surface area contributed by atoms with Gasteiger partial charge in [0.15, 0.2) is 0 Å². The van der Waals surface area contributed by atoms with Gasteiger partial charge in [-0.25, -0.2) is 0 Å². The summed E-state index contributed by atoms with van der Waals surface area (Å²) in [5.41, 5.74) is 6.06. The first-order valence-corrected chi connectivity index (χ1v) is 8.08. The number of phenols is 1. The summed E-state index contributed by atoms with van der Waals surface area (Å²) in [6.07, 6.45) is 5.55. The van der Waals surface area contributed by atoms with Crippen LogP contribution in [-0.4, -0.2) is 40.4 Å². The van der Waals surface area contributed by atoms with Crippen molar-refractivity contribution in [3.05, 3.63) is 35.0 Å². The molecular weight excluding hydrogens is 274 g/mol. The number of aryl methyl sites for hydroxylation is 2. The minimum atomic E-state index is 0.390. The summed E-state index contributed by atoms with van der Waals surface area (Å²) in [5, 5.41) is 14.8. The predicted molar refractivity (Wildman–Crippen MR) is 89.2 cm³/mol. The number of hydrogen-bond donors (Lipinski definition) is 1. The average molecular weight is 299 g/mol. The summed E-state index contributed by atoms with van der Waals surface area (Å²) < 4.78 is 2.01. The number of rotatable bonds is 4. The maximum absolute atomic E-state index is 10.1. The SMILES string of the molecule is CN(C)CCc1cc(-c2c3c(nn2C)CCCC3)ccc1O. The summed E-state index contributed by atoms with van der Waals surface area (Å²) in [5.74, 6) is 0.390. The van der Waals surface area contributed by atoms with Gasteiger partial charge in [0.1, 0.15) is 5.75 Å². The zero-order chi connectivity index (χ0) is 15.7. The minimum Gasteiger partial charge on any atom is -0.508 e. The lowest BCUT2D eigenvalue weighted by atomic mass is 9.93. The lowest BCUT2D eigenvalue weighted by Crippen LogP contribution is -2.15. The normalized spacial score (nSPS) is 14.4. The van der Waals surface area contributed by atoms with Crippen LogP contribution in [0.4, 0.5) is 0 Å². The van der Waals surface area contributed by atoms with E-state index in [1.165, 1.54) is 35.4 Å². The number of aromatic nitrogens is 2. The third kappa shape index (κ3) is 2.88. The molecule has 0 aliphatic heterocycles. The topological polar surface area (TPSA) is 41.3 Å². The van der Waals surface area contributed by atoms with Gasteiger partial charge in [0.05, 0.1) is 11.4 Å². The third-order valence-electron chi connectivity index (χ3n) is 4.50. The van der Waals surface area contributed by atoms with E-state index in [2.05, 4.69) is 25.1 Å². The molecule has 22 heavy (non-hydrogen) atoms. The van der Waals surface area contributed by atoms with Crippen LogP contribution in [0.2, 0.25) is 0 Å². The number of likely N-dealkylation sites (N-methyl/N-ethyl adjacent to an activating group) is 1. The lowest BCUT2D eigenvalue weighted by molar-refractivity contribution is 0.406. The van der Waals surface area contributed by atoms with E-state index in [-0.39, 0.29) is 0 Å². The number of hydrogen-bond acceptors (Lipinski definition) is 3. The number of fused-ring (bicyclic) bond motifs is 1. The van der Waals surface area contributed by atoms with Crippen LogP contribution in [-0.2, 0) is 26.3 Å². The highest BCUT2D eigenvalue weighted by Crippen LogP contribution is 2.33. The molecule has 0 bridgehead atoms. The Kier molecular flexibility index (Phi) is 4.21. The van der Waals surface area contributed by atoms with Gasteiger partial charge in [-0.3, -0.25) is 4.68 Å². The molecule has 4 heteroatoms. The molecule has 2 aromatic rings. The zero-order valence-electron chi connectivity index (χ0n) is 13.8. The van der Waals surface area contributed by atoms with Gasteiger partial charge in [0.2, 0.25) is 0 Å². The predicted octanol–water partition coefficient (Wildman–Crippen LogP) is 2.78. The van der Waals surface area contributed by atoms with Gasteiger partial charge in [0.25, 0.3) is 0 Å². The van der Waals surface area contributed by atoms with Gasteiger partial charge in [-0.05, 0) is 70.0 Å². The Morgan fingerprint density at radius 3 is 2.77 bits per heavy atom. The van der Waals surface area contributed by atoms with Gasteiger partial charge in [0, 0.05) is 24.7 Å². The molecule has 1 aliphatic carbocycles. The fraction of sp³-hybridized carbons (Fsp3) is 0.500. The van der Waals surface area contributed by atoms with Crippen molar-refractivity contribution >= 4 is 0 Å². The fourth-order valence-electron chi connectivity index (χ4n) is 3.32. The van der Waals surface area contributed by atoms with Crippen LogP contribution in [0.5, 0.6) is 5.75 Å². The van der Waals surface area contributed by atoms with Gasteiger partial charge in [-0.15, -0.1) is 0 Å². The first-order valence-electron chi connectivity index (χ1n) is 8.08. The van der Waals surface area contributed by atoms with Crippen LogP contribution in [0.25, 0.3) is 11.3 Å². The highest BCUT2D eigenvalue weighted by Gasteiger charge is 2.20. The van der Waals surface area contributed by atoms with Gasteiger partial charge in [-0.1, -0.05) is 0 Å². The van der Waals surface area contributed by atoms with E-state index in [1.807, 2.05) is 23.9 Å². The Morgan fingerprint density at radius 2 is 2.00 bits per heavy atom. The monoisotopic (exact) mass is 299 g/mol. The van der Waals surface area contributed by atoms with Crippen molar-refractivity contribution in [2.24, 2.45) is 7.05 Å². The zero-order valence-corrected chi connectivity index (χ0v) is 13.8. The van der Waals surface area contributed by atoms with E-state index in [9.17, 15) is 5.11 Å². The molecular formula is C18H25N3O. The first kappa shape index (κ1) is 15.1. The highest BCUT2D eigenvalue weighted by atomic mass is 16.3. The molecule has 0 spiro atoms. The number of benzene rings is 1. The highest BCUT2D eigenvalue weighted by molar-refractivity contribution is 5.67. The summed E-state index contributed by atoms with van der Waals surface area (Å²) in [6, 6.07) is 5.97. The quantitative estimate of drug-likeness (QED) is 0.944. The molecule has 0 atom stereocenters. The Balaban J connectivity index is 1.98. The Bertz CT molecular complexity index is 673. The van der Waals surface area contributed by atoms with Gasteiger partial charge < -0.3 is 10.0 Å². The maximum atomic E-state index is 10.1. The Labute approximate surface area is 132 Å². The van der Waals surface area contributed by atoms with E-state index in [1.54, 1.807) is 0 Å². The molecule has 1 aromatic carbocycles. The molecule has 0 saturated carbocycles. The number of phenolic OH excluding ortho intramolecular Hbond substituents is 1. The second kappa shape index (κ2) is 6.13. The molecule has 1 aliphatic rings. The van der Waals surface area contributed by atoms with Crippen molar-refractivity contribution in [3.8, 4) is 17.0 Å². The summed E-state index contributed by atoms with van der Waals surface area (Å²) >= 11 is 0. The Morgan fingerprint density at radius 1 is 1.23 bits per heavy atom. The third-order valence-corrected chi connectivity index (χ3v) is 4.50. The molecule has 0 fully saturated rings. The summed E-state index contributed by atoms with van der Waals surface area (Å²) in [7, 11) is 6.14. The molecule has 1 heterocycles. The van der Waals surface area contributed by atoms with Crippen molar-refractivity contribution < 1.29 is 5.11 Å². The molecule has 3 rings (SSSR count). The van der Waals surface area contributed by atoms with Gasteiger partial charge >= 0.3 is 0 Å². The summed E-state index contributed by atoms with van der Waals surface area (Å²) in [6.45, 7) is 0.931. The molecule has 0 amide bonds. The second-order valence-electron chi connectivity index (χ2n) is 6.50. The maximum Gasteiger partial charge on any atom is 0.118 e. The van der Waals surface area contributed by atoms with Crippen LogP contribution in [0.1, 0.15) is 29.7 Å². The van der Waals surface area contributed by atoms with Crippen molar-refractivity contribution in [1.82, 2.24) is 14.7 Å². The van der Waals surface area contributed by atoms with Crippen LogP contribution < -0.4 is 0 Å². The smallest absolute Gasteiger partial charge is 0.118 e. The van der Waals surface area contributed by atoms with E-state index < -0.39 is 0 Å². The molecule has 4 nitrogen and oxygen atoms in total. The van der Waals surface area contributed by atoms with Crippen LogP contribution in [0.3, 0.4) is 0 Å². The molecule has 1 aromatic heterocycles. The van der Waals surface area contributed by atoms with E-state index in [0.717, 1.165) is 31.4 Å². The van der Waals surface area contributed by atoms with E-state index in [4.69, 9.17) is 5.10 Å². The van der Waals surface area contributed by atoms with Crippen LogP contribution in [0, 0.1) is 0 Å². The first-order chi connectivity index (χ1) is 10.6. The van der Waals surface area contributed by atoms with Crippen LogP contribution >= 0.6 is 0 Å². The van der Waals surface area contributed by atoms with Crippen molar-refractivity contribution in [2.45, 2.75) is 32.1 Å². The molecule has 0 saturated heterocycles. The largest absolute Gasteiger partial charge is 0.508 e. The Hall–Kier alpha value is -1.81. The minimum absolute atomic E-state index is 0.390. The average Bonchev–Trinajstić information content (AvgIpc) is 2.82.